The normalized spacial score (nSPS) is 10.0. The van der Waals surface area contributed by atoms with E-state index < -0.39 is 23.3 Å². The van der Waals surface area contributed by atoms with Crippen molar-refractivity contribution in [2.24, 2.45) is 0 Å². The zero-order valence-corrected chi connectivity index (χ0v) is 16.2. The monoisotopic (exact) mass is 403 g/mol. The van der Waals surface area contributed by atoms with Crippen LogP contribution in [0.1, 0.15) is 0 Å². The molecule has 0 unspecified atom stereocenters. The van der Waals surface area contributed by atoms with E-state index in [1.807, 2.05) is 0 Å². The van der Waals surface area contributed by atoms with Crippen molar-refractivity contribution < 1.29 is 28.7 Å². The van der Waals surface area contributed by atoms with Gasteiger partial charge in [-0.25, -0.2) is 0 Å². The van der Waals surface area contributed by atoms with Crippen molar-refractivity contribution in [2.45, 2.75) is 0 Å². The van der Waals surface area contributed by atoms with Crippen LogP contribution in [0, 0.1) is 10.1 Å². The maximum Gasteiger partial charge on any atom is 0.314 e. The van der Waals surface area contributed by atoms with Gasteiger partial charge in [0, 0.05) is 18.8 Å². The van der Waals surface area contributed by atoms with E-state index in [4.69, 9.17) is 14.2 Å². The minimum Gasteiger partial charge on any atom is -0.497 e. The number of nitro benzene ring substituents is 1. The molecule has 0 aliphatic heterocycles. The third-order valence-electron chi connectivity index (χ3n) is 3.87. The molecule has 1 N–H and O–H groups in total. The summed E-state index contributed by atoms with van der Waals surface area (Å²) >= 11 is 0. The molecule has 2 aromatic rings. The summed E-state index contributed by atoms with van der Waals surface area (Å²) in [5, 5.41) is 13.8. The predicted molar refractivity (Wildman–Crippen MR) is 104 cm³/mol. The van der Waals surface area contributed by atoms with Crippen molar-refractivity contribution >= 4 is 23.2 Å². The van der Waals surface area contributed by atoms with Crippen LogP contribution in [0.4, 0.5) is 11.4 Å². The van der Waals surface area contributed by atoms with E-state index in [0.717, 1.165) is 4.90 Å². The molecule has 10 heteroatoms. The third kappa shape index (κ3) is 6.09. The molecular weight excluding hydrogens is 382 g/mol. The number of amides is 2. The topological polar surface area (TPSA) is 120 Å². The second-order valence-corrected chi connectivity index (χ2v) is 5.91. The summed E-state index contributed by atoms with van der Waals surface area (Å²) in [4.78, 5) is 36.0. The average molecular weight is 403 g/mol. The zero-order valence-electron chi connectivity index (χ0n) is 16.2. The molecule has 10 nitrogen and oxygen atoms in total. The van der Waals surface area contributed by atoms with Crippen LogP contribution in [0.15, 0.2) is 42.5 Å². The van der Waals surface area contributed by atoms with Gasteiger partial charge < -0.3 is 24.4 Å². The van der Waals surface area contributed by atoms with Gasteiger partial charge in [0.25, 0.3) is 5.91 Å². The number of carbonyl (C=O) groups is 2. The number of anilines is 1. The number of ether oxygens (including phenoxy) is 3. The molecule has 2 amide bonds. The number of likely N-dealkylation sites (N-methyl/N-ethyl adjacent to an activating group) is 1. The highest BCUT2D eigenvalue weighted by atomic mass is 16.6. The van der Waals surface area contributed by atoms with E-state index in [0.29, 0.717) is 17.2 Å². The Labute approximate surface area is 167 Å². The van der Waals surface area contributed by atoms with E-state index in [9.17, 15) is 19.7 Å². The van der Waals surface area contributed by atoms with Crippen LogP contribution >= 0.6 is 0 Å². The summed E-state index contributed by atoms with van der Waals surface area (Å²) in [5.41, 5.74) is 0.205. The second kappa shape index (κ2) is 9.93. The minimum absolute atomic E-state index is 0.0709. The summed E-state index contributed by atoms with van der Waals surface area (Å²) in [6.07, 6.45) is 0. The molecule has 0 saturated heterocycles. The first-order chi connectivity index (χ1) is 13.8. The van der Waals surface area contributed by atoms with E-state index in [1.165, 1.54) is 39.5 Å². The number of hydrogen-bond donors (Lipinski definition) is 1. The van der Waals surface area contributed by atoms with Crippen LogP contribution < -0.4 is 19.5 Å². The molecule has 2 rings (SSSR count). The molecule has 0 aliphatic rings. The lowest BCUT2D eigenvalue weighted by Gasteiger charge is -2.17. The Balaban J connectivity index is 1.92. The quantitative estimate of drug-likeness (QED) is 0.503. The van der Waals surface area contributed by atoms with Crippen molar-refractivity contribution in [3.05, 3.63) is 52.6 Å². The number of methoxy groups -OCH3 is 2. The highest BCUT2D eigenvalue weighted by Gasteiger charge is 2.19. The third-order valence-corrected chi connectivity index (χ3v) is 3.87. The number of nitrogens with zero attached hydrogens (tertiary/aromatic N) is 2. The van der Waals surface area contributed by atoms with Gasteiger partial charge in [-0.1, -0.05) is 6.07 Å². The first-order valence-corrected chi connectivity index (χ1v) is 8.47. The largest absolute Gasteiger partial charge is 0.497 e. The number of nitro groups is 1. The zero-order chi connectivity index (χ0) is 21.4. The van der Waals surface area contributed by atoms with Gasteiger partial charge in [0.05, 0.1) is 31.8 Å². The first kappa shape index (κ1) is 21.5. The molecule has 0 saturated carbocycles. The van der Waals surface area contributed by atoms with Crippen molar-refractivity contribution in [3.63, 3.8) is 0 Å². The van der Waals surface area contributed by atoms with Gasteiger partial charge in [0.15, 0.2) is 12.4 Å². The lowest BCUT2D eigenvalue weighted by molar-refractivity contribution is -0.385. The maximum atomic E-state index is 12.2. The predicted octanol–water partition coefficient (Wildman–Crippen LogP) is 2.09. The standard InChI is InChI=1S/C19H21N3O7/c1-21(11-18(23)20-13-5-4-6-14(9-13)27-2)19(24)12-29-17-8-7-15(28-3)10-16(17)22(25)26/h4-10H,11-12H2,1-3H3,(H,20,23). The molecule has 0 aromatic heterocycles. The van der Waals surface area contributed by atoms with E-state index in [-0.39, 0.29) is 18.0 Å². The molecule has 154 valence electrons. The van der Waals surface area contributed by atoms with E-state index in [2.05, 4.69) is 5.32 Å². The molecular formula is C19H21N3O7. The number of rotatable bonds is 9. The van der Waals surface area contributed by atoms with Crippen LogP contribution in [0.25, 0.3) is 0 Å². The van der Waals surface area contributed by atoms with Crippen LogP contribution in [-0.2, 0) is 9.59 Å². The van der Waals surface area contributed by atoms with Gasteiger partial charge in [0.2, 0.25) is 5.91 Å². The summed E-state index contributed by atoms with van der Waals surface area (Å²) in [6.45, 7) is -0.680. The molecule has 0 bridgehead atoms. The van der Waals surface area contributed by atoms with Crippen LogP contribution in [0.3, 0.4) is 0 Å². The Bertz CT molecular complexity index is 901. The maximum absolute atomic E-state index is 12.2. The fourth-order valence-electron chi connectivity index (χ4n) is 2.34. The number of benzene rings is 2. The van der Waals surface area contributed by atoms with E-state index in [1.54, 1.807) is 24.3 Å². The molecule has 0 atom stereocenters. The van der Waals surface area contributed by atoms with Crippen molar-refractivity contribution in [1.29, 1.82) is 0 Å². The van der Waals surface area contributed by atoms with Crippen molar-refractivity contribution in [2.75, 3.05) is 39.7 Å². The van der Waals surface area contributed by atoms with Crippen LogP contribution in [0.5, 0.6) is 17.2 Å². The highest BCUT2D eigenvalue weighted by molar-refractivity contribution is 5.94. The van der Waals surface area contributed by atoms with Gasteiger partial charge in [-0.3, -0.25) is 19.7 Å². The van der Waals surface area contributed by atoms with Gasteiger partial charge in [-0.05, 0) is 24.3 Å². The lowest BCUT2D eigenvalue weighted by Crippen LogP contribution is -2.37. The number of nitrogens with one attached hydrogen (secondary N) is 1. The summed E-state index contributed by atoms with van der Waals surface area (Å²) in [5.74, 6) is -0.123. The Hall–Kier alpha value is -3.82. The molecule has 2 aromatic carbocycles. The smallest absolute Gasteiger partial charge is 0.314 e. The van der Waals surface area contributed by atoms with Gasteiger partial charge >= 0.3 is 5.69 Å². The van der Waals surface area contributed by atoms with Crippen molar-refractivity contribution in [3.8, 4) is 17.2 Å². The molecule has 0 spiro atoms. The Kier molecular flexibility index (Phi) is 7.35. The van der Waals surface area contributed by atoms with Crippen LogP contribution in [0.2, 0.25) is 0 Å². The summed E-state index contributed by atoms with van der Waals surface area (Å²) in [7, 11) is 4.33. The number of carbonyl (C=O) groups excluding carboxylic acids is 2. The van der Waals surface area contributed by atoms with Gasteiger partial charge in [-0.15, -0.1) is 0 Å². The molecule has 0 aliphatic carbocycles. The Morgan fingerprint density at radius 1 is 1.10 bits per heavy atom. The highest BCUT2D eigenvalue weighted by Crippen LogP contribution is 2.31. The summed E-state index contributed by atoms with van der Waals surface area (Å²) < 4.78 is 15.3. The first-order valence-electron chi connectivity index (χ1n) is 8.47. The average Bonchev–Trinajstić information content (AvgIpc) is 2.71. The Morgan fingerprint density at radius 2 is 1.79 bits per heavy atom. The Morgan fingerprint density at radius 3 is 2.45 bits per heavy atom. The molecule has 0 fully saturated rings. The fraction of sp³-hybridized carbons (Fsp3) is 0.263. The summed E-state index contributed by atoms with van der Waals surface area (Å²) in [6, 6.07) is 10.8. The number of hydrogen-bond acceptors (Lipinski definition) is 7. The van der Waals surface area contributed by atoms with E-state index >= 15 is 0 Å². The molecule has 0 heterocycles. The van der Waals surface area contributed by atoms with Gasteiger partial charge in [-0.2, -0.15) is 0 Å². The fourth-order valence-corrected chi connectivity index (χ4v) is 2.34. The second-order valence-electron chi connectivity index (χ2n) is 5.91. The molecule has 29 heavy (non-hydrogen) atoms. The lowest BCUT2D eigenvalue weighted by atomic mass is 10.3. The van der Waals surface area contributed by atoms with Crippen molar-refractivity contribution in [1.82, 2.24) is 4.90 Å². The SMILES string of the molecule is COc1cccc(NC(=O)CN(C)C(=O)COc2ccc(OC)cc2[N+](=O)[O-])c1. The minimum atomic E-state index is -0.631. The van der Waals surface area contributed by atoms with Crippen LogP contribution in [-0.4, -0.2) is 56.1 Å². The van der Waals surface area contributed by atoms with Gasteiger partial charge in [0.1, 0.15) is 11.5 Å². The molecule has 0 radical (unpaired) electrons.